The molecule has 2 aliphatic rings. The van der Waals surface area contributed by atoms with Crippen LogP contribution in [0.1, 0.15) is 35.8 Å². The Bertz CT molecular complexity index is 691. The van der Waals surface area contributed by atoms with Crippen LogP contribution < -0.4 is 10.6 Å². The van der Waals surface area contributed by atoms with Crippen molar-refractivity contribution in [2.75, 3.05) is 31.5 Å². The molecule has 1 saturated heterocycles. The molecule has 1 aromatic heterocycles. The Balaban J connectivity index is 1.60. The van der Waals surface area contributed by atoms with Crippen LogP contribution in [0.25, 0.3) is 0 Å². The van der Waals surface area contributed by atoms with Gasteiger partial charge >= 0.3 is 0 Å². The van der Waals surface area contributed by atoms with E-state index in [0.29, 0.717) is 42.5 Å². The van der Waals surface area contributed by atoms with E-state index in [0.717, 1.165) is 31.4 Å². The van der Waals surface area contributed by atoms with E-state index in [1.54, 1.807) is 11.3 Å². The van der Waals surface area contributed by atoms with Gasteiger partial charge in [0.05, 0.1) is 12.1 Å². The number of nitrogens with one attached hydrogen (secondary N) is 2. The zero-order valence-corrected chi connectivity index (χ0v) is 14.7. The molecule has 24 heavy (non-hydrogen) atoms. The van der Waals surface area contributed by atoms with Crippen LogP contribution in [0.3, 0.4) is 0 Å². The summed E-state index contributed by atoms with van der Waals surface area (Å²) < 4.78 is 0. The summed E-state index contributed by atoms with van der Waals surface area (Å²) in [5.74, 6) is 0.550. The molecule has 3 rings (SSSR count). The quantitative estimate of drug-likeness (QED) is 0.865. The number of fused-ring (bicyclic) bond motifs is 1. The van der Waals surface area contributed by atoms with Crippen molar-refractivity contribution in [3.05, 3.63) is 16.0 Å². The molecular formula is C17H22N4O2S. The highest BCUT2D eigenvalue weighted by atomic mass is 32.1. The Morgan fingerprint density at radius 2 is 2.38 bits per heavy atom. The number of rotatable bonds is 4. The highest BCUT2D eigenvalue weighted by molar-refractivity contribution is 7.16. The first-order valence-corrected chi connectivity index (χ1v) is 9.22. The standard InChI is InChI=1S/C17H22N4O2S/c1-11-2-3-12-13(9-18)17(24-14(12)8-11)20-15(22)4-6-21-7-5-19-16(23)10-21/h11H,2-8,10H2,1H3,(H,19,23)(H,20,22). The third-order valence-electron chi connectivity index (χ3n) is 4.65. The molecule has 2 N–H and O–H groups in total. The fourth-order valence-electron chi connectivity index (χ4n) is 3.29. The van der Waals surface area contributed by atoms with Crippen molar-refractivity contribution in [1.29, 1.82) is 5.26 Å². The lowest BCUT2D eigenvalue weighted by Crippen LogP contribution is -2.48. The van der Waals surface area contributed by atoms with Crippen LogP contribution >= 0.6 is 11.3 Å². The number of nitrogens with zero attached hydrogens (tertiary/aromatic N) is 2. The van der Waals surface area contributed by atoms with Crippen LogP contribution in [-0.4, -0.2) is 42.9 Å². The van der Waals surface area contributed by atoms with Gasteiger partial charge in [-0.3, -0.25) is 14.5 Å². The van der Waals surface area contributed by atoms with Gasteiger partial charge in [-0.15, -0.1) is 11.3 Å². The van der Waals surface area contributed by atoms with Gasteiger partial charge in [0.15, 0.2) is 0 Å². The Morgan fingerprint density at radius 1 is 1.54 bits per heavy atom. The Morgan fingerprint density at radius 3 is 3.12 bits per heavy atom. The SMILES string of the molecule is CC1CCc2c(sc(NC(=O)CCN3CCNC(=O)C3)c2C#N)C1. The molecule has 0 spiro atoms. The molecule has 0 aromatic carbocycles. The fraction of sp³-hybridized carbons (Fsp3) is 0.588. The lowest BCUT2D eigenvalue weighted by atomic mass is 9.89. The van der Waals surface area contributed by atoms with Crippen molar-refractivity contribution < 1.29 is 9.59 Å². The second-order valence-corrected chi connectivity index (χ2v) is 7.70. The highest BCUT2D eigenvalue weighted by Crippen LogP contribution is 2.39. The summed E-state index contributed by atoms with van der Waals surface area (Å²) in [5.41, 5.74) is 1.77. The number of nitriles is 1. The summed E-state index contributed by atoms with van der Waals surface area (Å²) in [4.78, 5) is 26.8. The van der Waals surface area contributed by atoms with E-state index in [1.165, 1.54) is 4.88 Å². The summed E-state index contributed by atoms with van der Waals surface area (Å²) in [7, 11) is 0. The Labute approximate surface area is 145 Å². The maximum Gasteiger partial charge on any atom is 0.234 e. The number of anilines is 1. The molecule has 1 aliphatic heterocycles. The molecule has 1 atom stereocenters. The summed E-state index contributed by atoms with van der Waals surface area (Å²) >= 11 is 1.55. The van der Waals surface area contributed by atoms with Crippen molar-refractivity contribution in [1.82, 2.24) is 10.2 Å². The van der Waals surface area contributed by atoms with E-state index in [2.05, 4.69) is 23.6 Å². The first-order chi connectivity index (χ1) is 11.6. The van der Waals surface area contributed by atoms with Gasteiger partial charge < -0.3 is 10.6 Å². The Kier molecular flexibility index (Phi) is 5.17. The summed E-state index contributed by atoms with van der Waals surface area (Å²) in [5, 5.41) is 15.8. The average molecular weight is 346 g/mol. The number of piperazine rings is 1. The van der Waals surface area contributed by atoms with Crippen LogP contribution in [0.4, 0.5) is 5.00 Å². The molecule has 0 radical (unpaired) electrons. The molecule has 128 valence electrons. The maximum absolute atomic E-state index is 12.2. The first kappa shape index (κ1) is 16.9. The summed E-state index contributed by atoms with van der Waals surface area (Å²) in [6, 6.07) is 2.27. The molecule has 7 heteroatoms. The van der Waals surface area contributed by atoms with Gasteiger partial charge in [-0.1, -0.05) is 6.92 Å². The van der Waals surface area contributed by atoms with Gasteiger partial charge in [0, 0.05) is 30.9 Å². The minimum atomic E-state index is -0.0934. The first-order valence-electron chi connectivity index (χ1n) is 8.40. The van der Waals surface area contributed by atoms with E-state index in [9.17, 15) is 14.9 Å². The molecule has 2 amide bonds. The van der Waals surface area contributed by atoms with Crippen molar-refractivity contribution in [2.45, 2.75) is 32.6 Å². The number of amides is 2. The van der Waals surface area contributed by atoms with Crippen LogP contribution in [0.2, 0.25) is 0 Å². The molecular weight excluding hydrogens is 324 g/mol. The topological polar surface area (TPSA) is 85.2 Å². The molecule has 0 bridgehead atoms. The van der Waals surface area contributed by atoms with Gasteiger partial charge in [0.1, 0.15) is 11.1 Å². The maximum atomic E-state index is 12.2. The monoisotopic (exact) mass is 346 g/mol. The predicted molar refractivity (Wildman–Crippen MR) is 92.9 cm³/mol. The van der Waals surface area contributed by atoms with E-state index in [4.69, 9.17) is 0 Å². The highest BCUT2D eigenvalue weighted by Gasteiger charge is 2.25. The molecule has 6 nitrogen and oxygen atoms in total. The van der Waals surface area contributed by atoms with Gasteiger partial charge in [-0.2, -0.15) is 5.26 Å². The third kappa shape index (κ3) is 3.77. The normalized spacial score (nSPS) is 20.8. The summed E-state index contributed by atoms with van der Waals surface area (Å²) in [6.07, 6.45) is 3.35. The van der Waals surface area contributed by atoms with Gasteiger partial charge in [-0.25, -0.2) is 0 Å². The minimum absolute atomic E-state index is 0.00785. The number of carbonyl (C=O) groups is 2. The van der Waals surface area contributed by atoms with Crippen molar-refractivity contribution >= 4 is 28.2 Å². The smallest absolute Gasteiger partial charge is 0.234 e. The number of hydrogen-bond acceptors (Lipinski definition) is 5. The molecule has 1 unspecified atom stereocenters. The van der Waals surface area contributed by atoms with Gasteiger partial charge in [0.25, 0.3) is 0 Å². The second kappa shape index (κ2) is 7.32. The zero-order valence-electron chi connectivity index (χ0n) is 13.9. The number of carbonyl (C=O) groups excluding carboxylic acids is 2. The summed E-state index contributed by atoms with van der Waals surface area (Å²) in [6.45, 7) is 4.54. The molecule has 1 aliphatic carbocycles. The van der Waals surface area contributed by atoms with E-state index >= 15 is 0 Å². The second-order valence-electron chi connectivity index (χ2n) is 6.59. The van der Waals surface area contributed by atoms with Crippen LogP contribution in [-0.2, 0) is 22.4 Å². The largest absolute Gasteiger partial charge is 0.354 e. The van der Waals surface area contributed by atoms with E-state index in [-0.39, 0.29) is 11.8 Å². The molecule has 1 aromatic rings. The number of thiophene rings is 1. The predicted octanol–water partition coefficient (Wildman–Crippen LogP) is 1.50. The average Bonchev–Trinajstić information content (AvgIpc) is 2.89. The van der Waals surface area contributed by atoms with Crippen molar-refractivity contribution in [3.8, 4) is 6.07 Å². The number of hydrogen-bond donors (Lipinski definition) is 2. The zero-order chi connectivity index (χ0) is 17.1. The fourth-order valence-corrected chi connectivity index (χ4v) is 4.67. The lowest BCUT2D eigenvalue weighted by Gasteiger charge is -2.25. The van der Waals surface area contributed by atoms with Gasteiger partial charge in [-0.05, 0) is 30.7 Å². The Hall–Kier alpha value is -1.91. The van der Waals surface area contributed by atoms with Gasteiger partial charge in [0.2, 0.25) is 11.8 Å². The third-order valence-corrected chi connectivity index (χ3v) is 5.82. The minimum Gasteiger partial charge on any atom is -0.354 e. The van der Waals surface area contributed by atoms with Crippen LogP contribution in [0.5, 0.6) is 0 Å². The van der Waals surface area contributed by atoms with Crippen molar-refractivity contribution in [2.24, 2.45) is 5.92 Å². The van der Waals surface area contributed by atoms with E-state index < -0.39 is 0 Å². The van der Waals surface area contributed by atoms with E-state index in [1.807, 2.05) is 4.90 Å². The van der Waals surface area contributed by atoms with Crippen molar-refractivity contribution in [3.63, 3.8) is 0 Å². The van der Waals surface area contributed by atoms with Crippen LogP contribution in [0.15, 0.2) is 0 Å². The molecule has 2 heterocycles. The molecule has 1 fully saturated rings. The van der Waals surface area contributed by atoms with Crippen LogP contribution in [0, 0.1) is 17.2 Å². The molecule has 0 saturated carbocycles. The lowest BCUT2D eigenvalue weighted by molar-refractivity contribution is -0.125.